The average Bonchev–Trinajstić information content (AvgIpc) is 2.34. The molecule has 0 aromatic carbocycles. The van der Waals surface area contributed by atoms with Gasteiger partial charge in [-0.1, -0.05) is 35.4 Å². The van der Waals surface area contributed by atoms with Crippen LogP contribution in [0.25, 0.3) is 0 Å². The summed E-state index contributed by atoms with van der Waals surface area (Å²) < 4.78 is 0. The van der Waals surface area contributed by atoms with Gasteiger partial charge in [0.2, 0.25) is 0 Å². The molecule has 0 heterocycles. The molecule has 0 bridgehead atoms. The van der Waals surface area contributed by atoms with Crippen molar-refractivity contribution in [2.75, 3.05) is 37.9 Å². The Hall–Kier alpha value is 0.540. The lowest BCUT2D eigenvalue weighted by Gasteiger charge is -2.26. The Labute approximate surface area is 105 Å². The molecule has 0 saturated heterocycles. The van der Waals surface area contributed by atoms with Gasteiger partial charge in [0, 0.05) is 22.3 Å². The van der Waals surface area contributed by atoms with Gasteiger partial charge in [-0.2, -0.15) is 0 Å². The second-order valence-electron chi connectivity index (χ2n) is 4.78. The molecule has 0 rings (SSSR count). The Morgan fingerprint density at radius 1 is 0.688 bits per heavy atom. The van der Waals surface area contributed by atoms with E-state index in [1.165, 1.54) is 0 Å². The van der Waals surface area contributed by atoms with E-state index in [9.17, 15) is 0 Å². The first-order valence-corrected chi connectivity index (χ1v) is 7.62. The Morgan fingerprint density at radius 3 is 1.12 bits per heavy atom. The van der Waals surface area contributed by atoms with Crippen molar-refractivity contribution in [2.45, 2.75) is 13.8 Å². The van der Waals surface area contributed by atoms with E-state index < -0.39 is 10.8 Å². The molecule has 0 amide bonds. The maximum Gasteiger partial charge on any atom is 0.0515 e. The second kappa shape index (κ2) is 7.79. The minimum absolute atomic E-state index is 0.0473. The van der Waals surface area contributed by atoms with Crippen molar-refractivity contribution in [3.8, 4) is 0 Å². The second-order valence-corrected chi connectivity index (χ2v) is 7.24. The zero-order chi connectivity index (χ0) is 12.7. The summed E-state index contributed by atoms with van der Waals surface area (Å²) in [6.07, 6.45) is 0. The molecule has 16 heavy (non-hydrogen) atoms. The number of aliphatic hydroxyl groups excluding tert-OH is 4. The minimum Gasteiger partial charge on any atom is -0.396 e. The van der Waals surface area contributed by atoms with Crippen molar-refractivity contribution in [3.05, 3.63) is 0 Å². The molecule has 0 aromatic rings. The molecule has 0 unspecified atom stereocenters. The summed E-state index contributed by atoms with van der Waals surface area (Å²) in [4.78, 5) is 0. The lowest BCUT2D eigenvalue weighted by Crippen LogP contribution is -2.30. The van der Waals surface area contributed by atoms with E-state index in [4.69, 9.17) is 20.4 Å². The largest absolute Gasteiger partial charge is 0.396 e. The molecule has 0 atom stereocenters. The maximum absolute atomic E-state index is 9.07. The fourth-order valence-corrected chi connectivity index (χ4v) is 3.96. The van der Waals surface area contributed by atoms with Crippen LogP contribution in [0.15, 0.2) is 0 Å². The fourth-order valence-electron chi connectivity index (χ4n) is 0.650. The summed E-state index contributed by atoms with van der Waals surface area (Å²) in [5.74, 6) is 1.27. The van der Waals surface area contributed by atoms with E-state index in [1.807, 2.05) is 13.8 Å². The van der Waals surface area contributed by atoms with Gasteiger partial charge in [-0.05, 0) is 0 Å². The molecule has 0 spiro atoms. The molecule has 98 valence electrons. The van der Waals surface area contributed by atoms with E-state index >= 15 is 0 Å². The van der Waals surface area contributed by atoms with Crippen molar-refractivity contribution in [2.24, 2.45) is 10.8 Å². The third-order valence-electron chi connectivity index (χ3n) is 2.42. The quantitative estimate of drug-likeness (QED) is 0.358. The van der Waals surface area contributed by atoms with E-state index in [0.29, 0.717) is 11.5 Å². The van der Waals surface area contributed by atoms with E-state index in [0.717, 1.165) is 0 Å². The van der Waals surface area contributed by atoms with Crippen LogP contribution in [0.1, 0.15) is 13.8 Å². The number of hydrogen-bond donors (Lipinski definition) is 4. The highest BCUT2D eigenvalue weighted by Gasteiger charge is 2.25. The summed E-state index contributed by atoms with van der Waals surface area (Å²) in [6.45, 7) is 3.45. The van der Waals surface area contributed by atoms with Crippen LogP contribution < -0.4 is 0 Å². The van der Waals surface area contributed by atoms with Crippen LogP contribution in [0.4, 0.5) is 0 Å². The number of rotatable bonds is 9. The van der Waals surface area contributed by atoms with Gasteiger partial charge < -0.3 is 20.4 Å². The molecule has 0 aliphatic carbocycles. The van der Waals surface area contributed by atoms with Crippen LogP contribution in [-0.4, -0.2) is 58.4 Å². The first-order valence-electron chi connectivity index (χ1n) is 5.13. The minimum atomic E-state index is -0.466. The Morgan fingerprint density at radius 2 is 0.938 bits per heavy atom. The van der Waals surface area contributed by atoms with Crippen LogP contribution >= 0.6 is 21.6 Å². The van der Waals surface area contributed by atoms with Gasteiger partial charge >= 0.3 is 0 Å². The molecule has 4 N–H and O–H groups in total. The normalized spacial score (nSPS) is 13.1. The van der Waals surface area contributed by atoms with Crippen molar-refractivity contribution < 1.29 is 20.4 Å². The van der Waals surface area contributed by atoms with Crippen LogP contribution in [0, 0.1) is 10.8 Å². The van der Waals surface area contributed by atoms with E-state index in [2.05, 4.69) is 0 Å². The summed E-state index contributed by atoms with van der Waals surface area (Å²) in [5, 5.41) is 36.3. The highest BCUT2D eigenvalue weighted by atomic mass is 33.1. The zero-order valence-corrected chi connectivity index (χ0v) is 11.5. The smallest absolute Gasteiger partial charge is 0.0515 e. The molecule has 6 heteroatoms. The lowest BCUT2D eigenvalue weighted by molar-refractivity contribution is 0.0890. The van der Waals surface area contributed by atoms with Gasteiger partial charge in [0.1, 0.15) is 0 Å². The predicted octanol–water partition coefficient (Wildman–Crippen LogP) is 0.350. The SMILES string of the molecule is CC(CO)(CO)CSSCC(C)(CO)CO. The maximum atomic E-state index is 9.07. The van der Waals surface area contributed by atoms with Crippen molar-refractivity contribution in [3.63, 3.8) is 0 Å². The monoisotopic (exact) mass is 270 g/mol. The van der Waals surface area contributed by atoms with E-state index in [1.54, 1.807) is 21.6 Å². The summed E-state index contributed by atoms with van der Waals surface area (Å²) in [6, 6.07) is 0. The van der Waals surface area contributed by atoms with Gasteiger partial charge in [0.05, 0.1) is 26.4 Å². The van der Waals surface area contributed by atoms with Crippen molar-refractivity contribution in [1.82, 2.24) is 0 Å². The van der Waals surface area contributed by atoms with Gasteiger partial charge in [0.15, 0.2) is 0 Å². The molecule has 0 aromatic heterocycles. The number of aliphatic hydroxyl groups is 4. The van der Waals surface area contributed by atoms with Gasteiger partial charge in [-0.3, -0.25) is 0 Å². The van der Waals surface area contributed by atoms with Crippen LogP contribution in [0.3, 0.4) is 0 Å². The van der Waals surface area contributed by atoms with Crippen molar-refractivity contribution >= 4 is 21.6 Å². The molecule has 0 saturated carbocycles. The molecule has 0 radical (unpaired) electrons. The molecular weight excluding hydrogens is 248 g/mol. The highest BCUT2D eigenvalue weighted by molar-refractivity contribution is 8.76. The van der Waals surface area contributed by atoms with Crippen LogP contribution in [-0.2, 0) is 0 Å². The lowest BCUT2D eigenvalue weighted by atomic mass is 9.96. The van der Waals surface area contributed by atoms with Gasteiger partial charge in [-0.15, -0.1) is 0 Å². The molecular formula is C10H22O4S2. The Balaban J connectivity index is 3.83. The zero-order valence-electron chi connectivity index (χ0n) is 9.85. The van der Waals surface area contributed by atoms with Gasteiger partial charge in [0.25, 0.3) is 0 Å². The first-order chi connectivity index (χ1) is 7.45. The molecule has 0 fully saturated rings. The summed E-state index contributed by atoms with van der Waals surface area (Å²) in [7, 11) is 3.08. The van der Waals surface area contributed by atoms with Crippen LogP contribution in [0.5, 0.6) is 0 Å². The predicted molar refractivity (Wildman–Crippen MR) is 69.5 cm³/mol. The summed E-state index contributed by atoms with van der Waals surface area (Å²) >= 11 is 0. The van der Waals surface area contributed by atoms with E-state index in [-0.39, 0.29) is 26.4 Å². The molecule has 0 aliphatic heterocycles. The Bertz CT molecular complexity index is 162. The molecule has 4 nitrogen and oxygen atoms in total. The third kappa shape index (κ3) is 5.75. The number of hydrogen-bond acceptors (Lipinski definition) is 6. The topological polar surface area (TPSA) is 80.9 Å². The summed E-state index contributed by atoms with van der Waals surface area (Å²) in [5.41, 5.74) is -0.932. The Kier molecular flexibility index (Phi) is 8.05. The fraction of sp³-hybridized carbons (Fsp3) is 1.00. The van der Waals surface area contributed by atoms with Gasteiger partial charge in [-0.25, -0.2) is 0 Å². The average molecular weight is 270 g/mol. The highest BCUT2D eigenvalue weighted by Crippen LogP contribution is 2.34. The molecule has 0 aliphatic rings. The third-order valence-corrected chi connectivity index (χ3v) is 5.43. The standard InChI is InChI=1S/C10H22O4S2/c1-9(3-11,4-12)7-15-16-8-10(2,5-13)6-14/h11-14H,3-8H2,1-2H3. The van der Waals surface area contributed by atoms with Crippen molar-refractivity contribution in [1.29, 1.82) is 0 Å². The van der Waals surface area contributed by atoms with Crippen LogP contribution in [0.2, 0.25) is 0 Å². The first kappa shape index (κ1) is 16.5.